The highest BCUT2D eigenvalue weighted by Gasteiger charge is 2.66. The van der Waals surface area contributed by atoms with Crippen LogP contribution >= 0.6 is 0 Å². The van der Waals surface area contributed by atoms with Gasteiger partial charge < -0.3 is 18.3 Å². The highest BCUT2D eigenvalue weighted by molar-refractivity contribution is 6.84. The zero-order chi connectivity index (χ0) is 24.5. The van der Waals surface area contributed by atoms with E-state index >= 15 is 0 Å². The molecular formula is C17H28F6O6Si2. The van der Waals surface area contributed by atoms with Gasteiger partial charge in [-0.1, -0.05) is 0 Å². The fourth-order valence-corrected chi connectivity index (χ4v) is 10.4. The summed E-state index contributed by atoms with van der Waals surface area (Å²) in [4.78, 5) is 22.5. The first kappa shape index (κ1) is 29.6. The Bertz CT molecular complexity index is 621. The molecule has 31 heavy (non-hydrogen) atoms. The quantitative estimate of drug-likeness (QED) is 0.122. The predicted octanol–water partition coefficient (Wildman–Crippen LogP) is 4.59. The van der Waals surface area contributed by atoms with Crippen LogP contribution in [-0.2, 0) is 27.9 Å². The smallest absolute Gasteiger partial charge is 0.460 e. The zero-order valence-corrected chi connectivity index (χ0v) is 20.0. The maximum atomic E-state index is 13.2. The van der Waals surface area contributed by atoms with Crippen LogP contribution in [0.3, 0.4) is 0 Å². The van der Waals surface area contributed by atoms with Crippen LogP contribution in [0.15, 0.2) is 12.2 Å². The number of alkyl halides is 6. The Morgan fingerprint density at radius 3 is 1.94 bits per heavy atom. The van der Waals surface area contributed by atoms with Crippen molar-refractivity contribution in [3.8, 4) is 0 Å². The third kappa shape index (κ3) is 12.3. The van der Waals surface area contributed by atoms with E-state index in [1.807, 2.05) is 0 Å². The van der Waals surface area contributed by atoms with Gasteiger partial charge in [-0.05, 0) is 45.2 Å². The van der Waals surface area contributed by atoms with Crippen LogP contribution in [0.4, 0.5) is 26.3 Å². The summed E-state index contributed by atoms with van der Waals surface area (Å²) in [5.41, 5.74) is 0. The standard InChI is InChI=1S/C17H28F6O6Si2/c1-30(2,3)29-31(4,5)12-6-9-26-10-11-27-13(24)7-8-14(25)28-16(20,15(18)19)17(21,22)23/h7-8,15H,6,9-12H2,1-5H3. The minimum Gasteiger partial charge on any atom is -0.460 e. The largest absolute Gasteiger partial charge is 0.466 e. The van der Waals surface area contributed by atoms with E-state index in [1.165, 1.54) is 0 Å². The number of hydrogen-bond donors (Lipinski definition) is 0. The lowest BCUT2D eigenvalue weighted by Crippen LogP contribution is -2.50. The minimum absolute atomic E-state index is 0.0218. The molecular weight excluding hydrogens is 470 g/mol. The van der Waals surface area contributed by atoms with Gasteiger partial charge in [0.05, 0.1) is 6.61 Å². The predicted molar refractivity (Wildman–Crippen MR) is 104 cm³/mol. The molecule has 0 aromatic rings. The van der Waals surface area contributed by atoms with Gasteiger partial charge in [0.2, 0.25) is 0 Å². The van der Waals surface area contributed by atoms with Crippen molar-refractivity contribution < 1.29 is 54.3 Å². The van der Waals surface area contributed by atoms with E-state index in [-0.39, 0.29) is 19.3 Å². The van der Waals surface area contributed by atoms with Gasteiger partial charge in [-0.25, -0.2) is 18.4 Å². The monoisotopic (exact) mass is 498 g/mol. The molecule has 0 N–H and O–H groups in total. The second-order valence-electron chi connectivity index (χ2n) is 8.06. The Morgan fingerprint density at radius 2 is 1.45 bits per heavy atom. The second-order valence-corrected chi connectivity index (χ2v) is 17.1. The first-order valence-corrected chi connectivity index (χ1v) is 15.8. The third-order valence-electron chi connectivity index (χ3n) is 3.39. The molecule has 14 heteroatoms. The molecule has 0 radical (unpaired) electrons. The van der Waals surface area contributed by atoms with Gasteiger partial charge in [-0.15, -0.1) is 0 Å². The van der Waals surface area contributed by atoms with Crippen LogP contribution in [0, 0.1) is 0 Å². The van der Waals surface area contributed by atoms with Gasteiger partial charge in [0.1, 0.15) is 6.61 Å². The maximum Gasteiger partial charge on any atom is 0.466 e. The molecule has 0 spiro atoms. The Balaban J connectivity index is 4.20. The number of esters is 2. The molecule has 0 fully saturated rings. The number of carbonyl (C=O) groups excluding carboxylic acids is 2. The van der Waals surface area contributed by atoms with Crippen molar-refractivity contribution in [3.05, 3.63) is 12.2 Å². The lowest BCUT2D eigenvalue weighted by atomic mass is 10.3. The first-order chi connectivity index (χ1) is 13.9. The molecule has 0 aliphatic heterocycles. The molecule has 1 atom stereocenters. The van der Waals surface area contributed by atoms with Crippen molar-refractivity contribution in [1.29, 1.82) is 0 Å². The van der Waals surface area contributed by atoms with Gasteiger partial charge >= 0.3 is 30.4 Å². The summed E-state index contributed by atoms with van der Waals surface area (Å²) in [5, 5.41) is 0. The summed E-state index contributed by atoms with van der Waals surface area (Å²) in [7, 11) is -3.40. The van der Waals surface area contributed by atoms with Crippen molar-refractivity contribution in [2.45, 2.75) is 63.7 Å². The van der Waals surface area contributed by atoms with Crippen molar-refractivity contribution in [1.82, 2.24) is 0 Å². The number of halogens is 6. The zero-order valence-electron chi connectivity index (χ0n) is 18.0. The fraction of sp³-hybridized carbons (Fsp3) is 0.765. The summed E-state index contributed by atoms with van der Waals surface area (Å²) in [6.45, 7) is 10.8. The molecule has 0 amide bonds. The molecule has 0 saturated heterocycles. The Kier molecular flexibility index (Phi) is 11.5. The summed E-state index contributed by atoms with van der Waals surface area (Å²) in [6.07, 6.45) is -9.69. The third-order valence-corrected chi connectivity index (χ3v) is 9.61. The first-order valence-electron chi connectivity index (χ1n) is 9.29. The van der Waals surface area contributed by atoms with Gasteiger partial charge in [0.15, 0.2) is 16.6 Å². The minimum atomic E-state index is -6.15. The van der Waals surface area contributed by atoms with Crippen molar-refractivity contribution in [2.24, 2.45) is 0 Å². The fourth-order valence-electron chi connectivity index (χ4n) is 2.37. The van der Waals surface area contributed by atoms with Crippen LogP contribution in [0.2, 0.25) is 38.8 Å². The lowest BCUT2D eigenvalue weighted by molar-refractivity contribution is -0.354. The van der Waals surface area contributed by atoms with Crippen molar-refractivity contribution in [2.75, 3.05) is 19.8 Å². The molecule has 6 nitrogen and oxygen atoms in total. The SMILES string of the molecule is C[Si](C)(C)O[Si](C)(C)CCCOCCOC(=O)C=CC(=O)OC(F)(C(F)F)C(F)(F)F. The molecule has 0 rings (SSSR count). The van der Waals surface area contributed by atoms with Crippen LogP contribution < -0.4 is 0 Å². The molecule has 0 aromatic heterocycles. The summed E-state index contributed by atoms with van der Waals surface area (Å²) in [6, 6.07) is 0.883. The molecule has 0 aliphatic carbocycles. The normalized spacial score (nSPS) is 15.2. The van der Waals surface area contributed by atoms with Crippen molar-refractivity contribution in [3.63, 3.8) is 0 Å². The van der Waals surface area contributed by atoms with Crippen LogP contribution in [-0.4, -0.2) is 66.9 Å². The Labute approximate surface area is 179 Å². The van der Waals surface area contributed by atoms with Crippen LogP contribution in [0.25, 0.3) is 0 Å². The maximum absolute atomic E-state index is 13.2. The van der Waals surface area contributed by atoms with Crippen LogP contribution in [0.1, 0.15) is 6.42 Å². The van der Waals surface area contributed by atoms with Gasteiger partial charge in [0.25, 0.3) is 0 Å². The summed E-state index contributed by atoms with van der Waals surface area (Å²) in [5.74, 6) is -8.78. The summed E-state index contributed by atoms with van der Waals surface area (Å²) >= 11 is 0. The van der Waals surface area contributed by atoms with Crippen LogP contribution in [0.5, 0.6) is 0 Å². The average Bonchev–Trinajstić information content (AvgIpc) is 2.55. The van der Waals surface area contributed by atoms with E-state index in [2.05, 4.69) is 42.2 Å². The van der Waals surface area contributed by atoms with E-state index in [4.69, 9.17) is 8.85 Å². The molecule has 1 unspecified atom stereocenters. The average molecular weight is 499 g/mol. The highest BCUT2D eigenvalue weighted by atomic mass is 28.4. The Hall–Kier alpha value is -1.39. The van der Waals surface area contributed by atoms with E-state index in [1.54, 1.807) is 0 Å². The van der Waals surface area contributed by atoms with E-state index in [0.29, 0.717) is 12.7 Å². The molecule has 0 aliphatic rings. The molecule has 0 saturated carbocycles. The second kappa shape index (κ2) is 12.0. The lowest BCUT2D eigenvalue weighted by Gasteiger charge is -2.31. The molecule has 0 heterocycles. The van der Waals surface area contributed by atoms with Gasteiger partial charge in [-0.3, -0.25) is 0 Å². The Morgan fingerprint density at radius 1 is 0.903 bits per heavy atom. The van der Waals surface area contributed by atoms with E-state index in [0.717, 1.165) is 12.5 Å². The number of ether oxygens (including phenoxy) is 3. The molecule has 182 valence electrons. The van der Waals surface area contributed by atoms with E-state index < -0.39 is 47.0 Å². The number of carbonyl (C=O) groups is 2. The molecule has 0 bridgehead atoms. The topological polar surface area (TPSA) is 71.1 Å². The highest BCUT2D eigenvalue weighted by Crippen LogP contribution is 2.40. The number of rotatable bonds is 13. The molecule has 0 aromatic carbocycles. The summed E-state index contributed by atoms with van der Waals surface area (Å²) < 4.78 is 93.8. The van der Waals surface area contributed by atoms with Crippen molar-refractivity contribution >= 4 is 28.6 Å². The van der Waals surface area contributed by atoms with Gasteiger partial charge in [-0.2, -0.15) is 17.6 Å². The van der Waals surface area contributed by atoms with Gasteiger partial charge in [0, 0.05) is 18.8 Å². The number of hydrogen-bond acceptors (Lipinski definition) is 6. The van der Waals surface area contributed by atoms with E-state index in [9.17, 15) is 35.9 Å².